The molecule has 5 nitrogen and oxygen atoms in total. The van der Waals surface area contributed by atoms with Crippen LogP contribution in [0.5, 0.6) is 0 Å². The van der Waals surface area contributed by atoms with Crippen LogP contribution in [0.25, 0.3) is 5.69 Å². The third kappa shape index (κ3) is 4.08. The number of carbonyl (C=O) groups excluding carboxylic acids is 1. The van der Waals surface area contributed by atoms with E-state index in [1.165, 1.54) is 0 Å². The minimum atomic E-state index is -0.382. The Hall–Kier alpha value is -2.30. The van der Waals surface area contributed by atoms with E-state index in [0.29, 0.717) is 23.9 Å². The second-order valence-corrected chi connectivity index (χ2v) is 5.23. The van der Waals surface area contributed by atoms with Gasteiger partial charge in [0, 0.05) is 11.9 Å². The molecule has 0 saturated heterocycles. The SMILES string of the molecule is CCCC(C)COC(=O)c1ccn(-c2ccc(N)cc2)n1. The van der Waals surface area contributed by atoms with Crippen LogP contribution in [0.15, 0.2) is 36.5 Å². The van der Waals surface area contributed by atoms with Crippen molar-refractivity contribution < 1.29 is 9.53 Å². The number of nitrogens with zero attached hydrogens (tertiary/aromatic N) is 2. The first kappa shape index (κ1) is 15.1. The number of carbonyl (C=O) groups is 1. The van der Waals surface area contributed by atoms with Gasteiger partial charge in [0.25, 0.3) is 0 Å². The number of rotatable bonds is 6. The molecule has 2 rings (SSSR count). The summed E-state index contributed by atoms with van der Waals surface area (Å²) in [6.07, 6.45) is 3.87. The Morgan fingerprint density at radius 1 is 1.33 bits per heavy atom. The van der Waals surface area contributed by atoms with Gasteiger partial charge in [0.2, 0.25) is 0 Å². The minimum Gasteiger partial charge on any atom is -0.461 e. The molecule has 1 atom stereocenters. The monoisotopic (exact) mass is 287 g/mol. The molecule has 0 aliphatic carbocycles. The van der Waals surface area contributed by atoms with Crippen molar-refractivity contribution in [1.29, 1.82) is 0 Å². The minimum absolute atomic E-state index is 0.315. The molecule has 112 valence electrons. The summed E-state index contributed by atoms with van der Waals surface area (Å²) in [5, 5.41) is 4.24. The van der Waals surface area contributed by atoms with E-state index in [4.69, 9.17) is 10.5 Å². The Morgan fingerprint density at radius 2 is 2.05 bits per heavy atom. The molecular formula is C16H21N3O2. The van der Waals surface area contributed by atoms with Crippen molar-refractivity contribution in [2.75, 3.05) is 12.3 Å². The molecule has 1 unspecified atom stereocenters. The highest BCUT2D eigenvalue weighted by molar-refractivity contribution is 5.87. The predicted octanol–water partition coefficient (Wildman–Crippen LogP) is 3.05. The van der Waals surface area contributed by atoms with Crippen LogP contribution >= 0.6 is 0 Å². The van der Waals surface area contributed by atoms with Crippen LogP contribution in [0.4, 0.5) is 5.69 Å². The fourth-order valence-corrected chi connectivity index (χ4v) is 2.07. The van der Waals surface area contributed by atoms with Gasteiger partial charge in [-0.05, 0) is 42.7 Å². The standard InChI is InChI=1S/C16H21N3O2/c1-3-4-12(2)11-21-16(20)15-9-10-19(18-15)14-7-5-13(17)6-8-14/h5-10,12H,3-4,11,17H2,1-2H3. The van der Waals surface area contributed by atoms with Gasteiger partial charge in [-0.1, -0.05) is 20.3 Å². The Kier molecular flexibility index (Phi) is 4.98. The van der Waals surface area contributed by atoms with Crippen LogP contribution in [0.1, 0.15) is 37.2 Å². The summed E-state index contributed by atoms with van der Waals surface area (Å²) in [6, 6.07) is 8.94. The van der Waals surface area contributed by atoms with Crippen LogP contribution in [-0.4, -0.2) is 22.4 Å². The van der Waals surface area contributed by atoms with Crippen molar-refractivity contribution in [2.24, 2.45) is 5.92 Å². The third-order valence-electron chi connectivity index (χ3n) is 3.24. The van der Waals surface area contributed by atoms with Gasteiger partial charge in [0.1, 0.15) is 0 Å². The Labute approximate surface area is 124 Å². The quantitative estimate of drug-likeness (QED) is 0.655. The third-order valence-corrected chi connectivity index (χ3v) is 3.24. The zero-order valence-electron chi connectivity index (χ0n) is 12.5. The summed E-state index contributed by atoms with van der Waals surface area (Å²) >= 11 is 0. The number of nitrogen functional groups attached to an aromatic ring is 1. The van der Waals surface area contributed by atoms with E-state index in [-0.39, 0.29) is 5.97 Å². The lowest BCUT2D eigenvalue weighted by Crippen LogP contribution is -2.13. The van der Waals surface area contributed by atoms with E-state index in [2.05, 4.69) is 18.9 Å². The second-order valence-electron chi connectivity index (χ2n) is 5.23. The maximum Gasteiger partial charge on any atom is 0.358 e. The Morgan fingerprint density at radius 3 is 2.71 bits per heavy atom. The van der Waals surface area contributed by atoms with Gasteiger partial charge in [-0.3, -0.25) is 0 Å². The predicted molar refractivity (Wildman–Crippen MR) is 82.3 cm³/mol. The molecule has 2 N–H and O–H groups in total. The average Bonchev–Trinajstić information content (AvgIpc) is 2.96. The molecule has 0 aliphatic rings. The molecule has 5 heteroatoms. The average molecular weight is 287 g/mol. The van der Waals surface area contributed by atoms with Crippen LogP contribution in [0, 0.1) is 5.92 Å². The summed E-state index contributed by atoms with van der Waals surface area (Å²) in [6.45, 7) is 4.62. The number of aromatic nitrogens is 2. The van der Waals surface area contributed by atoms with Crippen molar-refractivity contribution in [2.45, 2.75) is 26.7 Å². The zero-order chi connectivity index (χ0) is 15.2. The first-order chi connectivity index (χ1) is 10.1. The number of nitrogens with two attached hydrogens (primary N) is 1. The molecule has 21 heavy (non-hydrogen) atoms. The molecule has 1 aromatic carbocycles. The van der Waals surface area contributed by atoms with Gasteiger partial charge in [0.05, 0.1) is 12.3 Å². The zero-order valence-corrected chi connectivity index (χ0v) is 12.5. The molecule has 0 saturated carbocycles. The summed E-state index contributed by atoms with van der Waals surface area (Å²) in [5.41, 5.74) is 7.50. The van der Waals surface area contributed by atoms with Crippen molar-refractivity contribution >= 4 is 11.7 Å². The van der Waals surface area contributed by atoms with Crippen molar-refractivity contribution in [1.82, 2.24) is 9.78 Å². The van der Waals surface area contributed by atoms with E-state index >= 15 is 0 Å². The molecule has 0 fully saturated rings. The van der Waals surface area contributed by atoms with Crippen molar-refractivity contribution in [3.8, 4) is 5.69 Å². The van der Waals surface area contributed by atoms with Gasteiger partial charge >= 0.3 is 5.97 Å². The van der Waals surface area contributed by atoms with E-state index in [1.807, 2.05) is 12.1 Å². The molecule has 1 aromatic heterocycles. The summed E-state index contributed by atoms with van der Waals surface area (Å²) in [5.74, 6) is -0.00900. The fourth-order valence-electron chi connectivity index (χ4n) is 2.07. The molecular weight excluding hydrogens is 266 g/mol. The lowest BCUT2D eigenvalue weighted by Gasteiger charge is -2.09. The smallest absolute Gasteiger partial charge is 0.358 e. The van der Waals surface area contributed by atoms with Crippen LogP contribution in [-0.2, 0) is 4.74 Å². The van der Waals surface area contributed by atoms with Gasteiger partial charge in [0.15, 0.2) is 5.69 Å². The first-order valence-corrected chi connectivity index (χ1v) is 7.19. The number of benzene rings is 1. The first-order valence-electron chi connectivity index (χ1n) is 7.19. The number of hydrogen-bond acceptors (Lipinski definition) is 4. The molecule has 1 heterocycles. The normalized spacial score (nSPS) is 12.1. The van der Waals surface area contributed by atoms with E-state index in [0.717, 1.165) is 18.5 Å². The van der Waals surface area contributed by atoms with Crippen LogP contribution in [0.3, 0.4) is 0 Å². The number of anilines is 1. The fraction of sp³-hybridized carbons (Fsp3) is 0.375. The van der Waals surface area contributed by atoms with Crippen molar-refractivity contribution in [3.05, 3.63) is 42.2 Å². The maximum absolute atomic E-state index is 11.9. The highest BCUT2D eigenvalue weighted by Gasteiger charge is 2.13. The Balaban J connectivity index is 1.99. The summed E-state index contributed by atoms with van der Waals surface area (Å²) in [4.78, 5) is 11.9. The van der Waals surface area contributed by atoms with Gasteiger partial charge in [-0.25, -0.2) is 9.48 Å². The number of esters is 1. The second kappa shape index (κ2) is 6.92. The molecule has 2 aromatic rings. The maximum atomic E-state index is 11.9. The molecule has 0 radical (unpaired) electrons. The largest absolute Gasteiger partial charge is 0.461 e. The van der Waals surface area contributed by atoms with Crippen LogP contribution < -0.4 is 5.73 Å². The van der Waals surface area contributed by atoms with Crippen molar-refractivity contribution in [3.63, 3.8) is 0 Å². The Bertz CT molecular complexity index is 590. The molecule has 0 spiro atoms. The van der Waals surface area contributed by atoms with Gasteiger partial charge in [-0.15, -0.1) is 0 Å². The van der Waals surface area contributed by atoms with E-state index in [9.17, 15) is 4.79 Å². The summed E-state index contributed by atoms with van der Waals surface area (Å²) in [7, 11) is 0. The van der Waals surface area contributed by atoms with Gasteiger partial charge in [-0.2, -0.15) is 5.10 Å². The molecule has 0 aliphatic heterocycles. The lowest BCUT2D eigenvalue weighted by molar-refractivity contribution is 0.0436. The van der Waals surface area contributed by atoms with Crippen LogP contribution in [0.2, 0.25) is 0 Å². The van der Waals surface area contributed by atoms with E-state index < -0.39 is 0 Å². The number of ether oxygens (including phenoxy) is 1. The van der Waals surface area contributed by atoms with Gasteiger partial charge < -0.3 is 10.5 Å². The molecule has 0 bridgehead atoms. The number of hydrogen-bond donors (Lipinski definition) is 1. The summed E-state index contributed by atoms with van der Waals surface area (Å²) < 4.78 is 6.91. The highest BCUT2D eigenvalue weighted by atomic mass is 16.5. The van der Waals surface area contributed by atoms with E-state index in [1.54, 1.807) is 29.1 Å². The topological polar surface area (TPSA) is 70.1 Å². The highest BCUT2D eigenvalue weighted by Crippen LogP contribution is 2.12. The molecule has 0 amide bonds. The lowest BCUT2D eigenvalue weighted by atomic mass is 10.1.